The van der Waals surface area contributed by atoms with Crippen LogP contribution in [0.2, 0.25) is 0 Å². The minimum absolute atomic E-state index is 0.205. The molecule has 6 heteroatoms. The van der Waals surface area contributed by atoms with Crippen molar-refractivity contribution in [2.75, 3.05) is 18.8 Å². The molecular weight excluding hydrogens is 232 g/mol. The van der Waals surface area contributed by atoms with Crippen molar-refractivity contribution in [3.63, 3.8) is 0 Å². The molecule has 1 saturated heterocycles. The standard InChI is InChI=1S/C12H20N4O2/c1-3-8-9(13)10(15-14-8)11(17)16-6-4-5-12(2,18)7-16/h18H,3-7,13H2,1-2H3,(H,14,15). The number of piperidine rings is 1. The van der Waals surface area contributed by atoms with Crippen LogP contribution in [0.3, 0.4) is 0 Å². The lowest BCUT2D eigenvalue weighted by molar-refractivity contribution is -0.0109. The Bertz CT molecular complexity index is 453. The van der Waals surface area contributed by atoms with E-state index in [9.17, 15) is 9.90 Å². The fourth-order valence-electron chi connectivity index (χ4n) is 2.36. The molecule has 6 nitrogen and oxygen atoms in total. The Hall–Kier alpha value is -1.56. The second-order valence-electron chi connectivity index (χ2n) is 5.15. The highest BCUT2D eigenvalue weighted by Crippen LogP contribution is 2.23. The van der Waals surface area contributed by atoms with E-state index in [-0.39, 0.29) is 11.6 Å². The molecule has 1 aliphatic heterocycles. The number of aliphatic hydroxyl groups is 1. The molecule has 1 fully saturated rings. The Kier molecular flexibility index (Phi) is 3.30. The van der Waals surface area contributed by atoms with Crippen molar-refractivity contribution in [1.29, 1.82) is 0 Å². The van der Waals surface area contributed by atoms with Crippen LogP contribution in [0.4, 0.5) is 5.69 Å². The molecule has 1 atom stereocenters. The van der Waals surface area contributed by atoms with Crippen LogP contribution in [0.1, 0.15) is 42.9 Å². The first-order valence-corrected chi connectivity index (χ1v) is 6.29. The largest absolute Gasteiger partial charge is 0.395 e. The molecular formula is C12H20N4O2. The van der Waals surface area contributed by atoms with Gasteiger partial charge in [-0.2, -0.15) is 5.10 Å². The third-order valence-electron chi connectivity index (χ3n) is 3.40. The first kappa shape index (κ1) is 12.9. The summed E-state index contributed by atoms with van der Waals surface area (Å²) in [5.74, 6) is -0.205. The summed E-state index contributed by atoms with van der Waals surface area (Å²) in [7, 11) is 0. The molecule has 1 aromatic heterocycles. The van der Waals surface area contributed by atoms with Gasteiger partial charge in [0.15, 0.2) is 5.69 Å². The summed E-state index contributed by atoms with van der Waals surface area (Å²) < 4.78 is 0. The number of H-pyrrole nitrogens is 1. The maximum atomic E-state index is 12.3. The van der Waals surface area contributed by atoms with E-state index in [1.165, 1.54) is 0 Å². The molecule has 1 aromatic rings. The predicted molar refractivity (Wildman–Crippen MR) is 68.1 cm³/mol. The van der Waals surface area contributed by atoms with Gasteiger partial charge in [0.25, 0.3) is 5.91 Å². The van der Waals surface area contributed by atoms with Gasteiger partial charge in [0.05, 0.1) is 17.0 Å². The number of aromatic nitrogens is 2. The van der Waals surface area contributed by atoms with Crippen molar-refractivity contribution in [2.24, 2.45) is 0 Å². The van der Waals surface area contributed by atoms with Crippen LogP contribution in [0.5, 0.6) is 0 Å². The molecule has 0 aromatic carbocycles. The van der Waals surface area contributed by atoms with Crippen molar-refractivity contribution in [3.8, 4) is 0 Å². The van der Waals surface area contributed by atoms with Gasteiger partial charge < -0.3 is 15.7 Å². The summed E-state index contributed by atoms with van der Waals surface area (Å²) in [6.45, 7) is 4.67. The lowest BCUT2D eigenvalue weighted by Crippen LogP contribution is -2.48. The highest BCUT2D eigenvalue weighted by Gasteiger charge is 2.33. The van der Waals surface area contributed by atoms with Crippen LogP contribution in [0, 0.1) is 0 Å². The third kappa shape index (κ3) is 2.33. The number of hydrogen-bond acceptors (Lipinski definition) is 4. The quantitative estimate of drug-likeness (QED) is 0.716. The average Bonchev–Trinajstić information content (AvgIpc) is 2.68. The highest BCUT2D eigenvalue weighted by molar-refractivity contribution is 5.97. The molecule has 1 unspecified atom stereocenters. The molecule has 1 aliphatic rings. The number of β-amino-alcohol motifs (C(OH)–C–C–N with tert-alkyl or cyclic N) is 1. The van der Waals surface area contributed by atoms with Crippen LogP contribution in [-0.4, -0.2) is 44.8 Å². The van der Waals surface area contributed by atoms with Gasteiger partial charge >= 0.3 is 0 Å². The van der Waals surface area contributed by atoms with Crippen molar-refractivity contribution in [3.05, 3.63) is 11.4 Å². The van der Waals surface area contributed by atoms with E-state index >= 15 is 0 Å². The normalized spacial score (nSPS) is 24.3. The van der Waals surface area contributed by atoms with Gasteiger partial charge in [-0.05, 0) is 26.2 Å². The average molecular weight is 252 g/mol. The minimum atomic E-state index is -0.813. The van der Waals surface area contributed by atoms with E-state index in [1.54, 1.807) is 11.8 Å². The summed E-state index contributed by atoms with van der Waals surface area (Å²) in [4.78, 5) is 13.9. The van der Waals surface area contributed by atoms with E-state index in [4.69, 9.17) is 5.73 Å². The van der Waals surface area contributed by atoms with Crippen LogP contribution in [-0.2, 0) is 6.42 Å². The number of nitrogens with two attached hydrogens (primary N) is 1. The lowest BCUT2D eigenvalue weighted by atomic mass is 9.95. The van der Waals surface area contributed by atoms with Gasteiger partial charge in [0.1, 0.15) is 0 Å². The van der Waals surface area contributed by atoms with Crippen LogP contribution >= 0.6 is 0 Å². The van der Waals surface area contributed by atoms with Crippen molar-refractivity contribution in [1.82, 2.24) is 15.1 Å². The second-order valence-corrected chi connectivity index (χ2v) is 5.15. The van der Waals surface area contributed by atoms with E-state index in [0.717, 1.165) is 12.1 Å². The Balaban J connectivity index is 2.18. The number of likely N-dealkylation sites (tertiary alicyclic amines) is 1. The molecule has 0 saturated carbocycles. The molecule has 0 bridgehead atoms. The SMILES string of the molecule is CCc1[nH]nc(C(=O)N2CCCC(C)(O)C2)c1N. The molecule has 0 spiro atoms. The van der Waals surface area contributed by atoms with Crippen molar-refractivity contribution >= 4 is 11.6 Å². The number of anilines is 1. The van der Waals surface area contributed by atoms with Crippen molar-refractivity contribution < 1.29 is 9.90 Å². The van der Waals surface area contributed by atoms with E-state index in [0.29, 0.717) is 31.6 Å². The number of amides is 1. The molecule has 0 radical (unpaired) electrons. The summed E-state index contributed by atoms with van der Waals surface area (Å²) in [6, 6.07) is 0. The molecule has 18 heavy (non-hydrogen) atoms. The number of aryl methyl sites for hydroxylation is 1. The Morgan fingerprint density at radius 2 is 2.39 bits per heavy atom. The second kappa shape index (κ2) is 4.61. The number of nitrogens with zero attached hydrogens (tertiary/aromatic N) is 2. The van der Waals surface area contributed by atoms with Crippen molar-refractivity contribution in [2.45, 2.75) is 38.7 Å². The Labute approximate surface area is 106 Å². The van der Waals surface area contributed by atoms with Crippen LogP contribution < -0.4 is 5.73 Å². The topological polar surface area (TPSA) is 95.2 Å². The van der Waals surface area contributed by atoms with Gasteiger partial charge in [-0.3, -0.25) is 9.89 Å². The number of aromatic amines is 1. The number of carbonyl (C=O) groups is 1. The summed E-state index contributed by atoms with van der Waals surface area (Å²) >= 11 is 0. The maximum absolute atomic E-state index is 12.3. The van der Waals surface area contributed by atoms with E-state index in [1.807, 2.05) is 6.92 Å². The maximum Gasteiger partial charge on any atom is 0.276 e. The molecule has 4 N–H and O–H groups in total. The predicted octanol–water partition coefficient (Wildman–Crippen LogP) is 0.541. The van der Waals surface area contributed by atoms with E-state index in [2.05, 4.69) is 10.2 Å². The Morgan fingerprint density at radius 1 is 1.67 bits per heavy atom. The third-order valence-corrected chi connectivity index (χ3v) is 3.40. The highest BCUT2D eigenvalue weighted by atomic mass is 16.3. The molecule has 100 valence electrons. The van der Waals surface area contributed by atoms with Gasteiger partial charge in [0, 0.05) is 13.1 Å². The monoisotopic (exact) mass is 252 g/mol. The smallest absolute Gasteiger partial charge is 0.276 e. The number of nitrogens with one attached hydrogen (secondary N) is 1. The summed E-state index contributed by atoms with van der Waals surface area (Å²) in [5, 5.41) is 16.8. The number of rotatable bonds is 2. The zero-order valence-electron chi connectivity index (χ0n) is 10.9. The van der Waals surface area contributed by atoms with Gasteiger partial charge in [-0.15, -0.1) is 0 Å². The van der Waals surface area contributed by atoms with Gasteiger partial charge in [-0.25, -0.2) is 0 Å². The summed E-state index contributed by atoms with van der Waals surface area (Å²) in [6.07, 6.45) is 2.22. The zero-order valence-corrected chi connectivity index (χ0v) is 10.9. The number of carbonyl (C=O) groups excluding carboxylic acids is 1. The van der Waals surface area contributed by atoms with Gasteiger partial charge in [-0.1, -0.05) is 6.92 Å². The minimum Gasteiger partial charge on any atom is -0.395 e. The number of nitrogen functional groups attached to an aromatic ring is 1. The zero-order chi connectivity index (χ0) is 13.3. The number of hydrogen-bond donors (Lipinski definition) is 3. The van der Waals surface area contributed by atoms with Gasteiger partial charge in [0.2, 0.25) is 0 Å². The molecule has 2 rings (SSSR count). The Morgan fingerprint density at radius 3 is 2.94 bits per heavy atom. The van der Waals surface area contributed by atoms with Crippen LogP contribution in [0.15, 0.2) is 0 Å². The summed E-state index contributed by atoms with van der Waals surface area (Å²) in [5.41, 5.74) is 6.54. The van der Waals surface area contributed by atoms with E-state index < -0.39 is 5.60 Å². The fourth-order valence-corrected chi connectivity index (χ4v) is 2.36. The first-order chi connectivity index (χ1) is 8.44. The molecule has 2 heterocycles. The fraction of sp³-hybridized carbons (Fsp3) is 0.667. The lowest BCUT2D eigenvalue weighted by Gasteiger charge is -2.36. The molecule has 1 amide bonds. The first-order valence-electron chi connectivity index (χ1n) is 6.29. The molecule has 0 aliphatic carbocycles. The van der Waals surface area contributed by atoms with Crippen LogP contribution in [0.25, 0.3) is 0 Å².